The average molecular weight is 409 g/mol. The molecule has 0 spiro atoms. The molecule has 1 heterocycles. The van der Waals surface area contributed by atoms with Crippen LogP contribution in [-0.4, -0.2) is 26.0 Å². The lowest BCUT2D eigenvalue weighted by Gasteiger charge is -2.12. The van der Waals surface area contributed by atoms with Gasteiger partial charge in [-0.1, -0.05) is 60.8 Å². The van der Waals surface area contributed by atoms with Gasteiger partial charge in [0.05, 0.1) is 5.02 Å². The van der Waals surface area contributed by atoms with Gasteiger partial charge in [0, 0.05) is 23.6 Å². The van der Waals surface area contributed by atoms with Gasteiger partial charge in [-0.05, 0) is 30.5 Å². The Kier molecular flexibility index (Phi) is 5.71. The molecule has 0 radical (unpaired) electrons. The topological polar surface area (TPSA) is 88.0 Å². The molecule has 7 heteroatoms. The number of nitrogens with one attached hydrogen (secondary N) is 1. The summed E-state index contributed by atoms with van der Waals surface area (Å²) in [6.45, 7) is 0.405. The molecule has 0 bridgehead atoms. The third-order valence-corrected chi connectivity index (χ3v) is 5.45. The molecule has 1 aromatic heterocycles. The number of benzene rings is 2. The van der Waals surface area contributed by atoms with E-state index in [0.29, 0.717) is 23.0 Å². The summed E-state index contributed by atoms with van der Waals surface area (Å²) in [5.41, 5.74) is 2.23. The fourth-order valence-electron chi connectivity index (χ4n) is 3.58. The number of aromatic nitrogens is 3. The molecule has 1 aliphatic carbocycles. The lowest BCUT2D eigenvalue weighted by atomic mass is 10.1. The Balaban J connectivity index is 1.59. The molecule has 6 nitrogen and oxygen atoms in total. The van der Waals surface area contributed by atoms with Crippen LogP contribution in [0.3, 0.4) is 0 Å². The Labute approximate surface area is 174 Å². The highest BCUT2D eigenvalue weighted by molar-refractivity contribution is 6.33. The second kappa shape index (κ2) is 8.57. The van der Waals surface area contributed by atoms with Gasteiger partial charge in [0.25, 0.3) is 0 Å². The Morgan fingerprint density at radius 3 is 2.52 bits per heavy atom. The minimum Gasteiger partial charge on any atom is -0.479 e. The molecule has 148 valence electrons. The summed E-state index contributed by atoms with van der Waals surface area (Å²) in [7, 11) is 0. The largest absolute Gasteiger partial charge is 0.479 e. The second-order valence-corrected chi connectivity index (χ2v) is 7.57. The smallest absolute Gasteiger partial charge is 0.318 e. The molecule has 2 aromatic carbocycles. The maximum Gasteiger partial charge on any atom is 0.318 e. The zero-order chi connectivity index (χ0) is 20.2. The van der Waals surface area contributed by atoms with E-state index < -0.39 is 0 Å². The van der Waals surface area contributed by atoms with Crippen LogP contribution >= 0.6 is 11.6 Å². The van der Waals surface area contributed by atoms with Crippen molar-refractivity contribution in [1.82, 2.24) is 20.3 Å². The quantitative estimate of drug-likeness (QED) is 0.654. The number of rotatable bonds is 5. The van der Waals surface area contributed by atoms with E-state index in [4.69, 9.17) is 11.6 Å². The third kappa shape index (κ3) is 4.54. The van der Waals surface area contributed by atoms with Crippen molar-refractivity contribution < 1.29 is 9.90 Å². The minimum atomic E-state index is -0.371. The van der Waals surface area contributed by atoms with Crippen molar-refractivity contribution in [2.45, 2.75) is 32.2 Å². The van der Waals surface area contributed by atoms with E-state index in [1.165, 1.54) is 0 Å². The number of hydrogen-bond donors (Lipinski definition) is 2. The fraction of sp³-hybridized carbons (Fsp3) is 0.273. The van der Waals surface area contributed by atoms with Crippen molar-refractivity contribution in [3.05, 3.63) is 59.1 Å². The molecule has 2 N–H and O–H groups in total. The molecule has 1 fully saturated rings. The first kappa shape index (κ1) is 19.3. The number of hydrogen-bond acceptors (Lipinski definition) is 5. The van der Waals surface area contributed by atoms with Crippen molar-refractivity contribution in [2.75, 3.05) is 0 Å². The summed E-state index contributed by atoms with van der Waals surface area (Å²) in [4.78, 5) is 24.8. The van der Waals surface area contributed by atoms with Crippen LogP contribution in [0.15, 0.2) is 48.5 Å². The number of nitrogens with zero attached hydrogens (tertiary/aromatic N) is 3. The van der Waals surface area contributed by atoms with Gasteiger partial charge in [-0.25, -0.2) is 4.98 Å². The summed E-state index contributed by atoms with van der Waals surface area (Å²) in [5, 5.41) is 13.5. The van der Waals surface area contributed by atoms with Crippen molar-refractivity contribution >= 4 is 17.5 Å². The van der Waals surface area contributed by atoms with Gasteiger partial charge in [-0.2, -0.15) is 9.97 Å². The lowest BCUT2D eigenvalue weighted by Crippen LogP contribution is -2.28. The van der Waals surface area contributed by atoms with E-state index in [9.17, 15) is 9.90 Å². The van der Waals surface area contributed by atoms with Crippen molar-refractivity contribution in [1.29, 1.82) is 0 Å². The molecule has 0 atom stereocenters. The van der Waals surface area contributed by atoms with Gasteiger partial charge in [0.2, 0.25) is 5.91 Å². The highest BCUT2D eigenvalue weighted by atomic mass is 35.5. The Morgan fingerprint density at radius 2 is 1.76 bits per heavy atom. The molecule has 29 heavy (non-hydrogen) atoms. The number of amides is 1. The molecular weight excluding hydrogens is 388 g/mol. The number of carbonyl (C=O) groups excluding carboxylic acids is 1. The van der Waals surface area contributed by atoms with Gasteiger partial charge in [-0.15, -0.1) is 0 Å². The van der Waals surface area contributed by atoms with E-state index in [0.717, 1.165) is 36.8 Å². The maximum atomic E-state index is 12.3. The first-order chi connectivity index (χ1) is 14.1. The van der Waals surface area contributed by atoms with E-state index in [-0.39, 0.29) is 23.7 Å². The average Bonchev–Trinajstić information content (AvgIpc) is 3.28. The summed E-state index contributed by atoms with van der Waals surface area (Å²) in [5.74, 6) is 0.869. The third-order valence-electron chi connectivity index (χ3n) is 5.12. The summed E-state index contributed by atoms with van der Waals surface area (Å²) in [6, 6.07) is 14.4. The lowest BCUT2D eigenvalue weighted by molar-refractivity contribution is -0.124. The predicted molar refractivity (Wildman–Crippen MR) is 111 cm³/mol. The Bertz CT molecular complexity index is 1020. The van der Waals surface area contributed by atoms with Gasteiger partial charge in [0.15, 0.2) is 11.6 Å². The summed E-state index contributed by atoms with van der Waals surface area (Å²) in [6.07, 6.45) is 4.17. The highest BCUT2D eigenvalue weighted by Gasteiger charge is 2.22. The van der Waals surface area contributed by atoms with Crippen molar-refractivity contribution in [2.24, 2.45) is 5.92 Å². The zero-order valence-corrected chi connectivity index (χ0v) is 16.6. The van der Waals surface area contributed by atoms with Crippen LogP contribution in [-0.2, 0) is 11.3 Å². The first-order valence-electron chi connectivity index (χ1n) is 9.67. The van der Waals surface area contributed by atoms with Crippen molar-refractivity contribution in [3.63, 3.8) is 0 Å². The standard InChI is InChI=1S/C22H21ClN4O2/c23-18-11-10-14(13-24-21(28)16-8-4-5-9-16)12-17(18)20-25-19(26-22(29)27-20)15-6-2-1-3-7-15/h1-3,6-7,10-12,16H,4-5,8-9,13H2,(H,24,28)(H,25,26,27,29). The first-order valence-corrected chi connectivity index (χ1v) is 10.0. The van der Waals surface area contributed by atoms with Crippen LogP contribution in [0.1, 0.15) is 31.2 Å². The Morgan fingerprint density at radius 1 is 1.03 bits per heavy atom. The minimum absolute atomic E-state index is 0.100. The molecule has 0 unspecified atom stereocenters. The van der Waals surface area contributed by atoms with Gasteiger partial charge < -0.3 is 10.4 Å². The maximum absolute atomic E-state index is 12.3. The summed E-state index contributed by atoms with van der Waals surface area (Å²) < 4.78 is 0. The van der Waals surface area contributed by atoms with Gasteiger partial charge >= 0.3 is 6.01 Å². The van der Waals surface area contributed by atoms with E-state index in [1.54, 1.807) is 6.07 Å². The van der Waals surface area contributed by atoms with E-state index in [2.05, 4.69) is 20.3 Å². The normalized spacial score (nSPS) is 14.1. The van der Waals surface area contributed by atoms with Gasteiger partial charge in [0.1, 0.15) is 0 Å². The van der Waals surface area contributed by atoms with Gasteiger partial charge in [-0.3, -0.25) is 4.79 Å². The second-order valence-electron chi connectivity index (χ2n) is 7.16. The van der Waals surface area contributed by atoms with Crippen LogP contribution in [0.5, 0.6) is 6.01 Å². The van der Waals surface area contributed by atoms with Crippen molar-refractivity contribution in [3.8, 4) is 28.8 Å². The van der Waals surface area contributed by atoms with Crippen LogP contribution in [0.4, 0.5) is 0 Å². The number of carbonyl (C=O) groups is 1. The van der Waals surface area contributed by atoms with E-state index in [1.807, 2.05) is 42.5 Å². The molecule has 1 amide bonds. The molecule has 0 saturated heterocycles. The molecule has 1 saturated carbocycles. The highest BCUT2D eigenvalue weighted by Crippen LogP contribution is 2.29. The SMILES string of the molecule is O=C(NCc1ccc(Cl)c(-c2nc(O)nc(-c3ccccc3)n2)c1)C1CCCC1. The predicted octanol–water partition coefficient (Wildman–Crippen LogP) is 4.37. The number of halogens is 1. The monoisotopic (exact) mass is 408 g/mol. The molecule has 4 rings (SSSR count). The van der Waals surface area contributed by atoms with Crippen LogP contribution < -0.4 is 5.32 Å². The summed E-state index contributed by atoms with van der Waals surface area (Å²) >= 11 is 6.38. The Hall–Kier alpha value is -2.99. The molecular formula is C22H21ClN4O2. The molecule has 3 aromatic rings. The van der Waals surface area contributed by atoms with E-state index >= 15 is 0 Å². The van der Waals surface area contributed by atoms with Crippen LogP contribution in [0, 0.1) is 5.92 Å². The number of aromatic hydroxyl groups is 1. The van der Waals surface area contributed by atoms with Crippen LogP contribution in [0.25, 0.3) is 22.8 Å². The zero-order valence-electron chi connectivity index (χ0n) is 15.8. The van der Waals surface area contributed by atoms with Crippen LogP contribution in [0.2, 0.25) is 5.02 Å². The molecule has 1 aliphatic rings. The fourth-order valence-corrected chi connectivity index (χ4v) is 3.78. The molecule has 0 aliphatic heterocycles.